The van der Waals surface area contributed by atoms with Gasteiger partial charge in [-0.25, -0.2) is 4.79 Å². The monoisotopic (exact) mass is 207 g/mol. The highest BCUT2D eigenvalue weighted by atomic mass is 32.1. The van der Waals surface area contributed by atoms with E-state index < -0.39 is 6.09 Å². The third-order valence-electron chi connectivity index (χ3n) is 1.86. The topological polar surface area (TPSA) is 38.3 Å². The van der Waals surface area contributed by atoms with Crippen molar-refractivity contribution in [2.24, 2.45) is 0 Å². The second kappa shape index (κ2) is 3.67. The van der Waals surface area contributed by atoms with Crippen LogP contribution in [0.5, 0.6) is 5.75 Å². The van der Waals surface area contributed by atoms with E-state index >= 15 is 0 Å². The summed E-state index contributed by atoms with van der Waals surface area (Å²) in [5, 5.41) is 5.36. The molecule has 3 nitrogen and oxygen atoms in total. The molecule has 1 heterocycles. The Kier molecular flexibility index (Phi) is 2.37. The van der Waals surface area contributed by atoms with Gasteiger partial charge in [0.2, 0.25) is 0 Å². The number of benzene rings is 1. The Morgan fingerprint density at radius 1 is 1.43 bits per heavy atom. The Hall–Kier alpha value is -1.55. The minimum absolute atomic E-state index is 0.441. The zero-order valence-corrected chi connectivity index (χ0v) is 8.43. The van der Waals surface area contributed by atoms with Crippen LogP contribution in [0.2, 0.25) is 0 Å². The molecule has 0 aliphatic carbocycles. The fraction of sp³-hybridized carbons (Fsp3) is 0.100. The van der Waals surface area contributed by atoms with Gasteiger partial charge in [0.1, 0.15) is 5.75 Å². The maximum atomic E-state index is 11.0. The van der Waals surface area contributed by atoms with Crippen LogP contribution in [-0.2, 0) is 0 Å². The van der Waals surface area contributed by atoms with E-state index in [9.17, 15) is 4.79 Å². The van der Waals surface area contributed by atoms with Crippen molar-refractivity contribution in [2.75, 3.05) is 7.05 Å². The summed E-state index contributed by atoms with van der Waals surface area (Å²) < 4.78 is 6.21. The van der Waals surface area contributed by atoms with Crippen molar-refractivity contribution >= 4 is 27.5 Å². The van der Waals surface area contributed by atoms with Gasteiger partial charge in [-0.2, -0.15) is 0 Å². The van der Waals surface area contributed by atoms with Crippen molar-refractivity contribution in [3.05, 3.63) is 29.6 Å². The molecule has 4 heteroatoms. The predicted octanol–water partition coefficient (Wildman–Crippen LogP) is 2.62. The summed E-state index contributed by atoms with van der Waals surface area (Å²) in [6, 6.07) is 7.59. The Balaban J connectivity index is 2.41. The molecular formula is C10H9NO2S. The van der Waals surface area contributed by atoms with Gasteiger partial charge in [0.05, 0.1) is 0 Å². The minimum Gasteiger partial charge on any atom is -0.410 e. The van der Waals surface area contributed by atoms with Gasteiger partial charge < -0.3 is 10.1 Å². The molecule has 0 fully saturated rings. The smallest absolute Gasteiger partial charge is 0.410 e. The SMILES string of the molecule is CNC(=O)Oc1cccc2sccc12. The predicted molar refractivity (Wildman–Crippen MR) is 56.9 cm³/mol. The fourth-order valence-electron chi connectivity index (χ4n) is 1.21. The van der Waals surface area contributed by atoms with Gasteiger partial charge >= 0.3 is 6.09 Å². The van der Waals surface area contributed by atoms with Crippen LogP contribution in [-0.4, -0.2) is 13.1 Å². The molecule has 0 aliphatic rings. The number of carbonyl (C=O) groups is 1. The van der Waals surface area contributed by atoms with Crippen LogP contribution in [0.4, 0.5) is 4.79 Å². The molecule has 0 spiro atoms. The van der Waals surface area contributed by atoms with E-state index in [-0.39, 0.29) is 0 Å². The molecule has 0 radical (unpaired) electrons. The molecule has 72 valence electrons. The molecule has 1 N–H and O–H groups in total. The molecule has 1 amide bonds. The summed E-state index contributed by atoms with van der Waals surface area (Å²) in [7, 11) is 1.54. The van der Waals surface area contributed by atoms with Crippen LogP contribution in [0.3, 0.4) is 0 Å². The van der Waals surface area contributed by atoms with Crippen molar-refractivity contribution in [3.63, 3.8) is 0 Å². The van der Waals surface area contributed by atoms with Crippen molar-refractivity contribution in [2.45, 2.75) is 0 Å². The number of hydrogen-bond donors (Lipinski definition) is 1. The quantitative estimate of drug-likeness (QED) is 0.780. The first kappa shape index (κ1) is 9.02. The van der Waals surface area contributed by atoms with E-state index in [1.807, 2.05) is 23.6 Å². The maximum Gasteiger partial charge on any atom is 0.412 e. The number of carbonyl (C=O) groups excluding carboxylic acids is 1. The van der Waals surface area contributed by atoms with Gasteiger partial charge in [0.25, 0.3) is 0 Å². The normalized spacial score (nSPS) is 10.1. The zero-order chi connectivity index (χ0) is 9.97. The van der Waals surface area contributed by atoms with Crippen LogP contribution in [0, 0.1) is 0 Å². The second-order valence-electron chi connectivity index (χ2n) is 2.73. The molecule has 1 aromatic carbocycles. The number of ether oxygens (including phenoxy) is 1. The Morgan fingerprint density at radius 2 is 2.29 bits per heavy atom. The van der Waals surface area contributed by atoms with Crippen LogP contribution in [0.15, 0.2) is 29.6 Å². The summed E-state index contributed by atoms with van der Waals surface area (Å²) in [4.78, 5) is 11.0. The number of thiophene rings is 1. The first-order valence-electron chi connectivity index (χ1n) is 4.17. The van der Waals surface area contributed by atoms with Crippen molar-refractivity contribution < 1.29 is 9.53 Å². The van der Waals surface area contributed by atoms with E-state index in [0.29, 0.717) is 5.75 Å². The summed E-state index contributed by atoms with van der Waals surface area (Å²) in [6.45, 7) is 0. The Morgan fingerprint density at radius 3 is 3.07 bits per heavy atom. The van der Waals surface area contributed by atoms with Crippen molar-refractivity contribution in [1.29, 1.82) is 0 Å². The van der Waals surface area contributed by atoms with Crippen LogP contribution in [0.25, 0.3) is 10.1 Å². The number of hydrogen-bond acceptors (Lipinski definition) is 3. The van der Waals surface area contributed by atoms with Crippen LogP contribution >= 0.6 is 11.3 Å². The van der Waals surface area contributed by atoms with Crippen LogP contribution in [0.1, 0.15) is 0 Å². The van der Waals surface area contributed by atoms with Gasteiger partial charge in [0.15, 0.2) is 0 Å². The lowest BCUT2D eigenvalue weighted by atomic mass is 10.2. The largest absolute Gasteiger partial charge is 0.412 e. The molecule has 1 aromatic heterocycles. The lowest BCUT2D eigenvalue weighted by Gasteiger charge is -2.03. The lowest BCUT2D eigenvalue weighted by molar-refractivity contribution is 0.203. The van der Waals surface area contributed by atoms with E-state index in [2.05, 4.69) is 5.32 Å². The molecule has 0 saturated carbocycles. The highest BCUT2D eigenvalue weighted by molar-refractivity contribution is 7.17. The first-order chi connectivity index (χ1) is 6.81. The molecule has 0 atom stereocenters. The first-order valence-corrected chi connectivity index (χ1v) is 5.05. The van der Waals surface area contributed by atoms with E-state index in [1.165, 1.54) is 7.05 Å². The maximum absolute atomic E-state index is 11.0. The molecule has 0 unspecified atom stereocenters. The number of nitrogens with one attached hydrogen (secondary N) is 1. The standard InChI is InChI=1S/C10H9NO2S/c1-11-10(12)13-8-3-2-4-9-7(8)5-6-14-9/h2-6H,1H3,(H,11,12). The lowest BCUT2D eigenvalue weighted by Crippen LogP contribution is -2.22. The molecule has 2 rings (SSSR count). The van der Waals surface area contributed by atoms with Gasteiger partial charge in [-0.05, 0) is 23.6 Å². The third kappa shape index (κ3) is 1.56. The third-order valence-corrected chi connectivity index (χ3v) is 2.74. The Bertz CT molecular complexity index is 464. The highest BCUT2D eigenvalue weighted by Gasteiger charge is 2.06. The number of fused-ring (bicyclic) bond motifs is 1. The molecule has 0 bridgehead atoms. The molecule has 0 saturated heterocycles. The average Bonchev–Trinajstić information content (AvgIpc) is 2.66. The summed E-state index contributed by atoms with van der Waals surface area (Å²) in [6.07, 6.45) is -0.441. The molecule has 14 heavy (non-hydrogen) atoms. The summed E-state index contributed by atoms with van der Waals surface area (Å²) >= 11 is 1.62. The van der Waals surface area contributed by atoms with Crippen molar-refractivity contribution in [1.82, 2.24) is 5.32 Å². The van der Waals surface area contributed by atoms with Crippen LogP contribution < -0.4 is 10.1 Å². The van der Waals surface area contributed by atoms with Crippen molar-refractivity contribution in [3.8, 4) is 5.75 Å². The van der Waals surface area contributed by atoms with Gasteiger partial charge in [-0.1, -0.05) is 6.07 Å². The van der Waals surface area contributed by atoms with E-state index in [4.69, 9.17) is 4.74 Å². The average molecular weight is 207 g/mol. The highest BCUT2D eigenvalue weighted by Crippen LogP contribution is 2.29. The van der Waals surface area contributed by atoms with Gasteiger partial charge in [-0.15, -0.1) is 11.3 Å². The number of rotatable bonds is 1. The number of amides is 1. The fourth-order valence-corrected chi connectivity index (χ4v) is 2.01. The molecule has 0 aliphatic heterocycles. The zero-order valence-electron chi connectivity index (χ0n) is 7.61. The van der Waals surface area contributed by atoms with E-state index in [0.717, 1.165) is 10.1 Å². The second-order valence-corrected chi connectivity index (χ2v) is 3.68. The van der Waals surface area contributed by atoms with Gasteiger partial charge in [-0.3, -0.25) is 0 Å². The molecule has 2 aromatic rings. The summed E-state index contributed by atoms with van der Waals surface area (Å²) in [5.74, 6) is 0.600. The van der Waals surface area contributed by atoms with Gasteiger partial charge in [0, 0.05) is 17.1 Å². The van der Waals surface area contributed by atoms with E-state index in [1.54, 1.807) is 17.4 Å². The minimum atomic E-state index is -0.441. The Labute approximate surface area is 85.3 Å². The summed E-state index contributed by atoms with van der Waals surface area (Å²) in [5.41, 5.74) is 0. The molecular weight excluding hydrogens is 198 g/mol.